The molecule has 0 unspecified atom stereocenters. The molecule has 1 N–H and O–H groups in total. The molecule has 1 amide bonds. The number of carbonyl (C=O) groups excluding carboxylic acids is 1. The number of fused-ring (bicyclic) bond motifs is 1. The maximum atomic E-state index is 11.7. The van der Waals surface area contributed by atoms with E-state index in [1.165, 1.54) is 0 Å². The highest BCUT2D eigenvalue weighted by Gasteiger charge is 2.39. The minimum atomic E-state index is -1.84. The lowest BCUT2D eigenvalue weighted by atomic mass is 10.1. The van der Waals surface area contributed by atoms with Gasteiger partial charge in [-0.15, -0.1) is 0 Å². The second-order valence-electron chi connectivity index (χ2n) is 6.48. The average molecular weight is 342 g/mol. The molecule has 0 saturated heterocycles. The molecule has 0 aliphatic carbocycles. The Morgan fingerprint density at radius 1 is 1.32 bits per heavy atom. The lowest BCUT2D eigenvalue weighted by Gasteiger charge is -2.36. The van der Waals surface area contributed by atoms with Gasteiger partial charge in [0.1, 0.15) is 5.75 Å². The third-order valence-electron chi connectivity index (χ3n) is 3.99. The normalized spacial score (nSPS) is 15.2. The van der Waals surface area contributed by atoms with E-state index in [0.717, 1.165) is 21.3 Å². The molecule has 1 aliphatic heterocycles. The van der Waals surface area contributed by atoms with Gasteiger partial charge in [0.25, 0.3) is 5.91 Å². The molecule has 2 rings (SSSR count). The number of hydrogen-bond acceptors (Lipinski definition) is 2. The standard InChI is InChI=1S/C14H20BrNO2Si/c1-14(2,3)19(4,5)18-10-6-9-8-16-13(17)12(9)11(15)7-10/h6-7H,8H2,1-5H3,(H,16,17). The van der Waals surface area contributed by atoms with Gasteiger partial charge in [0, 0.05) is 11.0 Å². The molecule has 0 aromatic heterocycles. The minimum absolute atomic E-state index is 0.0132. The van der Waals surface area contributed by atoms with Crippen LogP contribution in [0.1, 0.15) is 36.7 Å². The summed E-state index contributed by atoms with van der Waals surface area (Å²) >= 11 is 3.47. The van der Waals surface area contributed by atoms with E-state index >= 15 is 0 Å². The Morgan fingerprint density at radius 3 is 2.53 bits per heavy atom. The number of nitrogens with one attached hydrogen (secondary N) is 1. The van der Waals surface area contributed by atoms with Gasteiger partial charge >= 0.3 is 0 Å². The fourth-order valence-electron chi connectivity index (χ4n) is 1.80. The highest BCUT2D eigenvalue weighted by molar-refractivity contribution is 9.10. The first kappa shape index (κ1) is 14.6. The van der Waals surface area contributed by atoms with Crippen LogP contribution in [0.4, 0.5) is 0 Å². The zero-order chi connectivity index (χ0) is 14.4. The van der Waals surface area contributed by atoms with E-state index in [-0.39, 0.29) is 10.9 Å². The van der Waals surface area contributed by atoms with Crippen LogP contribution in [-0.4, -0.2) is 14.2 Å². The number of carbonyl (C=O) groups is 1. The molecule has 0 saturated carbocycles. The molecule has 0 atom stereocenters. The molecule has 1 aromatic carbocycles. The second kappa shape index (κ2) is 4.63. The van der Waals surface area contributed by atoms with Crippen molar-refractivity contribution in [2.24, 2.45) is 0 Å². The summed E-state index contributed by atoms with van der Waals surface area (Å²) in [6.45, 7) is 11.7. The summed E-state index contributed by atoms with van der Waals surface area (Å²) < 4.78 is 7.09. The molecule has 104 valence electrons. The highest BCUT2D eigenvalue weighted by atomic mass is 79.9. The first-order chi connectivity index (χ1) is 8.62. The predicted molar refractivity (Wildman–Crippen MR) is 83.1 cm³/mol. The van der Waals surface area contributed by atoms with Gasteiger partial charge in [-0.05, 0) is 51.8 Å². The lowest BCUT2D eigenvalue weighted by Crippen LogP contribution is -2.43. The zero-order valence-electron chi connectivity index (χ0n) is 12.1. The van der Waals surface area contributed by atoms with Crippen LogP contribution in [0.25, 0.3) is 0 Å². The molecule has 0 fully saturated rings. The van der Waals surface area contributed by atoms with Crippen molar-refractivity contribution >= 4 is 30.2 Å². The van der Waals surface area contributed by atoms with Crippen LogP contribution in [0.3, 0.4) is 0 Å². The van der Waals surface area contributed by atoms with Gasteiger partial charge in [-0.2, -0.15) is 0 Å². The summed E-state index contributed by atoms with van der Waals surface area (Å²) in [7, 11) is -1.84. The van der Waals surface area contributed by atoms with Gasteiger partial charge < -0.3 is 9.74 Å². The Hall–Kier alpha value is -0.813. The number of amides is 1. The quantitative estimate of drug-likeness (QED) is 0.823. The topological polar surface area (TPSA) is 38.3 Å². The highest BCUT2D eigenvalue weighted by Crippen LogP contribution is 2.39. The molecule has 19 heavy (non-hydrogen) atoms. The van der Waals surface area contributed by atoms with Crippen LogP contribution >= 0.6 is 15.9 Å². The average Bonchev–Trinajstić information content (AvgIpc) is 2.58. The molecule has 1 aromatic rings. The Bertz CT molecular complexity index is 535. The first-order valence-electron chi connectivity index (χ1n) is 6.41. The van der Waals surface area contributed by atoms with E-state index in [9.17, 15) is 4.79 Å². The first-order valence-corrected chi connectivity index (χ1v) is 10.1. The van der Waals surface area contributed by atoms with E-state index in [2.05, 4.69) is 55.1 Å². The third kappa shape index (κ3) is 2.72. The Morgan fingerprint density at radius 2 is 1.95 bits per heavy atom. The van der Waals surface area contributed by atoms with Crippen molar-refractivity contribution in [1.29, 1.82) is 0 Å². The van der Waals surface area contributed by atoms with E-state index in [1.54, 1.807) is 0 Å². The van der Waals surface area contributed by atoms with Gasteiger partial charge in [-0.1, -0.05) is 20.8 Å². The van der Waals surface area contributed by atoms with Crippen LogP contribution in [0.2, 0.25) is 18.1 Å². The van der Waals surface area contributed by atoms with E-state index < -0.39 is 8.32 Å². The summed E-state index contributed by atoms with van der Waals surface area (Å²) in [5, 5.41) is 2.99. The van der Waals surface area contributed by atoms with Crippen molar-refractivity contribution in [2.75, 3.05) is 0 Å². The van der Waals surface area contributed by atoms with Crippen LogP contribution in [0.5, 0.6) is 5.75 Å². The molecular formula is C14H20BrNO2Si. The van der Waals surface area contributed by atoms with Gasteiger partial charge in [0.05, 0.1) is 5.56 Å². The van der Waals surface area contributed by atoms with Crippen molar-refractivity contribution in [3.05, 3.63) is 27.7 Å². The molecular weight excluding hydrogens is 322 g/mol. The molecule has 3 nitrogen and oxygen atoms in total. The lowest BCUT2D eigenvalue weighted by molar-refractivity contribution is 0.0965. The van der Waals surface area contributed by atoms with Crippen LogP contribution in [0, 0.1) is 0 Å². The Kier molecular flexibility index (Phi) is 3.56. The minimum Gasteiger partial charge on any atom is -0.543 e. The number of benzene rings is 1. The monoisotopic (exact) mass is 341 g/mol. The van der Waals surface area contributed by atoms with Crippen molar-refractivity contribution < 1.29 is 9.22 Å². The molecule has 0 spiro atoms. The van der Waals surface area contributed by atoms with Gasteiger partial charge in [-0.3, -0.25) is 4.79 Å². The number of halogens is 1. The number of hydrogen-bond donors (Lipinski definition) is 1. The molecule has 1 heterocycles. The third-order valence-corrected chi connectivity index (χ3v) is 8.97. The summed E-state index contributed by atoms with van der Waals surface area (Å²) in [5.41, 5.74) is 1.75. The molecule has 1 aliphatic rings. The Labute approximate surface area is 124 Å². The zero-order valence-corrected chi connectivity index (χ0v) is 14.6. The van der Waals surface area contributed by atoms with Crippen LogP contribution < -0.4 is 9.74 Å². The van der Waals surface area contributed by atoms with E-state index in [0.29, 0.717) is 6.54 Å². The summed E-state index contributed by atoms with van der Waals surface area (Å²) in [6.07, 6.45) is 0. The van der Waals surface area contributed by atoms with Crippen molar-refractivity contribution in [1.82, 2.24) is 5.32 Å². The maximum absolute atomic E-state index is 11.7. The van der Waals surface area contributed by atoms with Crippen molar-refractivity contribution in [3.63, 3.8) is 0 Å². The summed E-state index contributed by atoms with van der Waals surface area (Å²) in [5.74, 6) is 0.842. The fourth-order valence-corrected chi connectivity index (χ4v) is 3.47. The smallest absolute Gasteiger partial charge is 0.253 e. The predicted octanol–water partition coefficient (Wildman–Crippen LogP) is 4.08. The maximum Gasteiger partial charge on any atom is 0.253 e. The second-order valence-corrected chi connectivity index (χ2v) is 12.1. The van der Waals surface area contributed by atoms with Gasteiger partial charge in [-0.25, -0.2) is 0 Å². The fraction of sp³-hybridized carbons (Fsp3) is 0.500. The SMILES string of the molecule is CC(C)(C)[Si](C)(C)Oc1cc(Br)c2c(c1)CNC2=O. The summed E-state index contributed by atoms with van der Waals surface area (Å²) in [4.78, 5) is 11.7. The van der Waals surface area contributed by atoms with Crippen molar-refractivity contribution in [3.8, 4) is 5.75 Å². The molecule has 0 bridgehead atoms. The van der Waals surface area contributed by atoms with Gasteiger partial charge in [0.2, 0.25) is 8.32 Å². The van der Waals surface area contributed by atoms with E-state index in [4.69, 9.17) is 4.43 Å². The van der Waals surface area contributed by atoms with Crippen LogP contribution in [-0.2, 0) is 6.54 Å². The summed E-state index contributed by atoms with van der Waals surface area (Å²) in [6, 6.07) is 3.89. The Balaban J connectivity index is 2.34. The largest absolute Gasteiger partial charge is 0.543 e. The molecule has 5 heteroatoms. The number of rotatable bonds is 2. The molecule has 0 radical (unpaired) electrons. The van der Waals surface area contributed by atoms with Crippen molar-refractivity contribution in [2.45, 2.75) is 45.4 Å². The van der Waals surface area contributed by atoms with Crippen LogP contribution in [0.15, 0.2) is 16.6 Å². The van der Waals surface area contributed by atoms with Gasteiger partial charge in [0.15, 0.2) is 0 Å². The van der Waals surface area contributed by atoms with E-state index in [1.807, 2.05) is 12.1 Å².